The summed E-state index contributed by atoms with van der Waals surface area (Å²) in [7, 11) is 1.64. The molecule has 0 aliphatic carbocycles. The van der Waals surface area contributed by atoms with Gasteiger partial charge in [-0.2, -0.15) is 4.98 Å². The fraction of sp³-hybridized carbons (Fsp3) is 0.467. The second-order valence-corrected chi connectivity index (χ2v) is 4.75. The van der Waals surface area contributed by atoms with E-state index in [0.717, 1.165) is 30.7 Å². The van der Waals surface area contributed by atoms with Gasteiger partial charge in [0.1, 0.15) is 5.75 Å². The fourth-order valence-corrected chi connectivity index (χ4v) is 1.78. The molecule has 0 spiro atoms. The standard InChI is InChI=1S/C15H21N3O2/c1-4-11(2)16-10-9-14-17-15(18-20-14)12-5-7-13(19-3)8-6-12/h5-8,11,16H,4,9-10H2,1-3H3. The molecule has 2 rings (SSSR count). The molecular weight excluding hydrogens is 254 g/mol. The van der Waals surface area contributed by atoms with E-state index in [-0.39, 0.29) is 0 Å². The van der Waals surface area contributed by atoms with Crippen LogP contribution in [0, 0.1) is 0 Å². The van der Waals surface area contributed by atoms with E-state index >= 15 is 0 Å². The molecule has 5 heteroatoms. The number of methoxy groups -OCH3 is 1. The lowest BCUT2D eigenvalue weighted by Crippen LogP contribution is -2.27. The molecule has 0 bridgehead atoms. The molecule has 0 aliphatic heterocycles. The number of nitrogens with zero attached hydrogens (tertiary/aromatic N) is 2. The van der Waals surface area contributed by atoms with Gasteiger partial charge in [-0.25, -0.2) is 0 Å². The van der Waals surface area contributed by atoms with E-state index in [2.05, 4.69) is 29.3 Å². The van der Waals surface area contributed by atoms with Gasteiger partial charge in [0, 0.05) is 24.6 Å². The Labute approximate surface area is 119 Å². The molecule has 0 radical (unpaired) electrons. The van der Waals surface area contributed by atoms with E-state index in [9.17, 15) is 0 Å². The van der Waals surface area contributed by atoms with E-state index in [1.165, 1.54) is 0 Å². The van der Waals surface area contributed by atoms with Crippen LogP contribution >= 0.6 is 0 Å². The van der Waals surface area contributed by atoms with Crippen molar-refractivity contribution in [3.63, 3.8) is 0 Å². The number of hydrogen-bond donors (Lipinski definition) is 1. The van der Waals surface area contributed by atoms with Crippen molar-refractivity contribution in [3.8, 4) is 17.1 Å². The molecule has 0 saturated heterocycles. The number of rotatable bonds is 7. The zero-order valence-electron chi connectivity index (χ0n) is 12.2. The minimum Gasteiger partial charge on any atom is -0.497 e. The summed E-state index contributed by atoms with van der Waals surface area (Å²) in [6.45, 7) is 5.17. The van der Waals surface area contributed by atoms with Crippen LogP contribution in [-0.2, 0) is 6.42 Å². The highest BCUT2D eigenvalue weighted by molar-refractivity contribution is 5.55. The number of aromatic nitrogens is 2. The van der Waals surface area contributed by atoms with E-state index < -0.39 is 0 Å². The molecule has 0 amide bonds. The zero-order chi connectivity index (χ0) is 14.4. The maximum atomic E-state index is 5.26. The van der Waals surface area contributed by atoms with Crippen molar-refractivity contribution in [2.45, 2.75) is 32.7 Å². The van der Waals surface area contributed by atoms with Gasteiger partial charge in [0.15, 0.2) is 0 Å². The van der Waals surface area contributed by atoms with Crippen LogP contribution in [0.15, 0.2) is 28.8 Å². The highest BCUT2D eigenvalue weighted by atomic mass is 16.5. The third-order valence-electron chi connectivity index (χ3n) is 3.26. The van der Waals surface area contributed by atoms with Gasteiger partial charge in [0.05, 0.1) is 7.11 Å². The van der Waals surface area contributed by atoms with Crippen molar-refractivity contribution in [2.24, 2.45) is 0 Å². The van der Waals surface area contributed by atoms with Gasteiger partial charge in [-0.15, -0.1) is 0 Å². The number of nitrogens with one attached hydrogen (secondary N) is 1. The number of hydrogen-bond acceptors (Lipinski definition) is 5. The fourth-order valence-electron chi connectivity index (χ4n) is 1.78. The predicted octanol–water partition coefficient (Wildman–Crippen LogP) is 2.68. The first-order chi connectivity index (χ1) is 9.72. The maximum absolute atomic E-state index is 5.26. The summed E-state index contributed by atoms with van der Waals surface area (Å²) < 4.78 is 10.4. The Kier molecular flexibility index (Phi) is 5.12. The predicted molar refractivity (Wildman–Crippen MR) is 77.7 cm³/mol. The van der Waals surface area contributed by atoms with Crippen molar-refractivity contribution in [2.75, 3.05) is 13.7 Å². The first-order valence-electron chi connectivity index (χ1n) is 6.93. The molecule has 0 saturated carbocycles. The van der Waals surface area contributed by atoms with Crippen molar-refractivity contribution >= 4 is 0 Å². The maximum Gasteiger partial charge on any atom is 0.228 e. The lowest BCUT2D eigenvalue weighted by Gasteiger charge is -2.08. The summed E-state index contributed by atoms with van der Waals surface area (Å²) in [6, 6.07) is 8.13. The molecule has 5 nitrogen and oxygen atoms in total. The van der Waals surface area contributed by atoms with Crippen LogP contribution in [-0.4, -0.2) is 29.8 Å². The average molecular weight is 275 g/mol. The largest absolute Gasteiger partial charge is 0.497 e. The molecule has 108 valence electrons. The van der Waals surface area contributed by atoms with Gasteiger partial charge < -0.3 is 14.6 Å². The minimum absolute atomic E-state index is 0.513. The van der Waals surface area contributed by atoms with Crippen LogP contribution in [0.25, 0.3) is 11.4 Å². The van der Waals surface area contributed by atoms with Crippen LogP contribution in [0.1, 0.15) is 26.2 Å². The third-order valence-corrected chi connectivity index (χ3v) is 3.26. The first-order valence-corrected chi connectivity index (χ1v) is 6.93. The van der Waals surface area contributed by atoms with Crippen LogP contribution < -0.4 is 10.1 Å². The second kappa shape index (κ2) is 7.05. The van der Waals surface area contributed by atoms with E-state index in [1.54, 1.807) is 7.11 Å². The molecule has 20 heavy (non-hydrogen) atoms. The summed E-state index contributed by atoms with van der Waals surface area (Å²) in [5.41, 5.74) is 0.927. The highest BCUT2D eigenvalue weighted by Crippen LogP contribution is 2.19. The topological polar surface area (TPSA) is 60.2 Å². The third kappa shape index (κ3) is 3.81. The zero-order valence-corrected chi connectivity index (χ0v) is 12.2. The van der Waals surface area contributed by atoms with Crippen molar-refractivity contribution in [1.82, 2.24) is 15.5 Å². The Hall–Kier alpha value is -1.88. The smallest absolute Gasteiger partial charge is 0.228 e. The minimum atomic E-state index is 0.513. The normalized spacial score (nSPS) is 12.3. The van der Waals surface area contributed by atoms with E-state index in [0.29, 0.717) is 17.8 Å². The average Bonchev–Trinajstić information content (AvgIpc) is 2.96. The molecular formula is C15H21N3O2. The van der Waals surface area contributed by atoms with Gasteiger partial charge in [0.25, 0.3) is 0 Å². The van der Waals surface area contributed by atoms with Crippen LogP contribution in [0.5, 0.6) is 5.75 Å². The Morgan fingerprint density at radius 2 is 2.05 bits per heavy atom. The number of ether oxygens (including phenoxy) is 1. The van der Waals surface area contributed by atoms with E-state index in [1.807, 2.05) is 24.3 Å². The molecule has 1 aromatic heterocycles. The summed E-state index contributed by atoms with van der Waals surface area (Å²) >= 11 is 0. The summed E-state index contributed by atoms with van der Waals surface area (Å²) in [4.78, 5) is 4.40. The van der Waals surface area contributed by atoms with Crippen molar-refractivity contribution in [1.29, 1.82) is 0 Å². The highest BCUT2D eigenvalue weighted by Gasteiger charge is 2.08. The molecule has 1 unspecified atom stereocenters. The van der Waals surface area contributed by atoms with Gasteiger partial charge in [-0.05, 0) is 37.6 Å². The van der Waals surface area contributed by atoms with Gasteiger partial charge >= 0.3 is 0 Å². The lowest BCUT2D eigenvalue weighted by atomic mass is 10.2. The SMILES string of the molecule is CCC(C)NCCc1nc(-c2ccc(OC)cc2)no1. The summed E-state index contributed by atoms with van der Waals surface area (Å²) in [5.74, 6) is 2.09. The van der Waals surface area contributed by atoms with Crippen LogP contribution in [0.3, 0.4) is 0 Å². The molecule has 1 atom stereocenters. The first kappa shape index (κ1) is 14.5. The molecule has 1 aromatic carbocycles. The number of benzene rings is 1. The summed E-state index contributed by atoms with van der Waals surface area (Å²) in [6.07, 6.45) is 1.86. The Morgan fingerprint density at radius 1 is 1.30 bits per heavy atom. The van der Waals surface area contributed by atoms with Gasteiger partial charge in [0.2, 0.25) is 11.7 Å². The molecule has 1 N–H and O–H groups in total. The Balaban J connectivity index is 1.94. The van der Waals surface area contributed by atoms with Gasteiger partial charge in [-0.1, -0.05) is 12.1 Å². The van der Waals surface area contributed by atoms with Crippen LogP contribution in [0.2, 0.25) is 0 Å². The quantitative estimate of drug-likeness (QED) is 0.841. The lowest BCUT2D eigenvalue weighted by molar-refractivity contribution is 0.373. The monoisotopic (exact) mass is 275 g/mol. The molecule has 1 heterocycles. The summed E-state index contributed by atoms with van der Waals surface area (Å²) in [5, 5.41) is 7.41. The van der Waals surface area contributed by atoms with Crippen molar-refractivity contribution in [3.05, 3.63) is 30.2 Å². The van der Waals surface area contributed by atoms with Crippen molar-refractivity contribution < 1.29 is 9.26 Å². The Bertz CT molecular complexity index is 522. The van der Waals surface area contributed by atoms with E-state index in [4.69, 9.17) is 9.26 Å². The second-order valence-electron chi connectivity index (χ2n) is 4.75. The van der Waals surface area contributed by atoms with Gasteiger partial charge in [-0.3, -0.25) is 0 Å². The van der Waals surface area contributed by atoms with Crippen LogP contribution in [0.4, 0.5) is 0 Å². The molecule has 2 aromatic rings. The Morgan fingerprint density at radius 3 is 2.70 bits per heavy atom. The molecule has 0 aliphatic rings. The molecule has 0 fully saturated rings.